The van der Waals surface area contributed by atoms with E-state index in [9.17, 15) is 22.8 Å². The number of rotatable bonds is 4. The summed E-state index contributed by atoms with van der Waals surface area (Å²) in [7, 11) is 1.39. The normalized spacial score (nSPS) is 11.3. The van der Waals surface area contributed by atoms with Crippen molar-refractivity contribution in [2.24, 2.45) is 0 Å². The van der Waals surface area contributed by atoms with Gasteiger partial charge in [0.25, 0.3) is 11.8 Å². The highest BCUT2D eigenvalue weighted by Crippen LogP contribution is 2.27. The average Bonchev–Trinajstić information content (AvgIpc) is 3.12. The van der Waals surface area contributed by atoms with Gasteiger partial charge in [0.15, 0.2) is 11.4 Å². The molecule has 11 heteroatoms. The molecule has 23 heavy (non-hydrogen) atoms. The molecule has 0 atom stereocenters. The number of hydrogen-bond donors (Lipinski definition) is 3. The molecule has 0 unspecified atom stereocenters. The number of anilines is 1. The molecule has 0 aliphatic carbocycles. The molecule has 2 heterocycles. The van der Waals surface area contributed by atoms with Crippen molar-refractivity contribution in [2.75, 3.05) is 12.4 Å². The second kappa shape index (κ2) is 6.10. The second-order valence-electron chi connectivity index (χ2n) is 4.44. The summed E-state index contributed by atoms with van der Waals surface area (Å²) in [4.78, 5) is 23.7. The fourth-order valence-corrected chi connectivity index (χ4v) is 1.73. The number of alkyl halides is 3. The standard InChI is InChI=1S/C12H13F3N6O2/c1-3-21-5-7(9(20-21)11(23)16-2)17-10(22)6-4-8(19-18-6)12(13,14)15/h4-5H,3H2,1-2H3,(H,16,23)(H,17,22)(H,18,19). The van der Waals surface area contributed by atoms with E-state index in [2.05, 4.69) is 20.8 Å². The van der Waals surface area contributed by atoms with Gasteiger partial charge in [0, 0.05) is 25.9 Å². The van der Waals surface area contributed by atoms with Gasteiger partial charge < -0.3 is 10.6 Å². The average molecular weight is 330 g/mol. The van der Waals surface area contributed by atoms with Gasteiger partial charge in [-0.15, -0.1) is 0 Å². The van der Waals surface area contributed by atoms with Gasteiger partial charge in [-0.1, -0.05) is 0 Å². The number of aromatic nitrogens is 4. The molecule has 2 aromatic heterocycles. The maximum absolute atomic E-state index is 12.5. The van der Waals surface area contributed by atoms with Crippen LogP contribution in [0.1, 0.15) is 33.6 Å². The van der Waals surface area contributed by atoms with Crippen LogP contribution in [0, 0.1) is 0 Å². The largest absolute Gasteiger partial charge is 0.432 e. The number of aryl methyl sites for hydroxylation is 1. The fraction of sp³-hybridized carbons (Fsp3) is 0.333. The Morgan fingerprint density at radius 1 is 1.35 bits per heavy atom. The predicted molar refractivity (Wildman–Crippen MR) is 72.8 cm³/mol. The van der Waals surface area contributed by atoms with Crippen LogP contribution in [0.25, 0.3) is 0 Å². The maximum Gasteiger partial charge on any atom is 0.432 e. The first-order valence-corrected chi connectivity index (χ1v) is 6.49. The van der Waals surface area contributed by atoms with E-state index in [0.29, 0.717) is 12.6 Å². The third-order valence-corrected chi connectivity index (χ3v) is 2.89. The Bertz CT molecular complexity index is 733. The zero-order valence-electron chi connectivity index (χ0n) is 12.2. The fourth-order valence-electron chi connectivity index (χ4n) is 1.73. The molecule has 0 radical (unpaired) electrons. The van der Waals surface area contributed by atoms with E-state index in [0.717, 1.165) is 0 Å². The van der Waals surface area contributed by atoms with E-state index in [-0.39, 0.29) is 11.4 Å². The number of halogens is 3. The van der Waals surface area contributed by atoms with Crippen molar-refractivity contribution in [3.05, 3.63) is 29.3 Å². The van der Waals surface area contributed by atoms with Crippen molar-refractivity contribution >= 4 is 17.5 Å². The minimum absolute atomic E-state index is 0.0470. The maximum atomic E-state index is 12.5. The molecule has 0 aliphatic rings. The molecule has 0 bridgehead atoms. The van der Waals surface area contributed by atoms with Gasteiger partial charge in [-0.25, -0.2) is 0 Å². The summed E-state index contributed by atoms with van der Waals surface area (Å²) >= 11 is 0. The first-order chi connectivity index (χ1) is 10.8. The Morgan fingerprint density at radius 2 is 2.04 bits per heavy atom. The molecule has 0 aromatic carbocycles. The number of H-pyrrole nitrogens is 1. The van der Waals surface area contributed by atoms with Crippen LogP contribution in [0.4, 0.5) is 18.9 Å². The van der Waals surface area contributed by atoms with Crippen LogP contribution in [-0.4, -0.2) is 38.8 Å². The lowest BCUT2D eigenvalue weighted by molar-refractivity contribution is -0.141. The summed E-state index contributed by atoms with van der Waals surface area (Å²) in [5.41, 5.74) is -1.56. The van der Waals surface area contributed by atoms with E-state index >= 15 is 0 Å². The smallest absolute Gasteiger partial charge is 0.354 e. The molecule has 0 saturated heterocycles. The number of aromatic amines is 1. The van der Waals surface area contributed by atoms with Gasteiger partial charge in [-0.2, -0.15) is 23.4 Å². The Morgan fingerprint density at radius 3 is 2.57 bits per heavy atom. The lowest BCUT2D eigenvalue weighted by atomic mass is 10.3. The van der Waals surface area contributed by atoms with Gasteiger partial charge in [0.05, 0.1) is 5.69 Å². The summed E-state index contributed by atoms with van der Waals surface area (Å²) in [5, 5.41) is 13.7. The number of nitrogens with zero attached hydrogens (tertiary/aromatic N) is 3. The quantitative estimate of drug-likeness (QED) is 0.785. The summed E-state index contributed by atoms with van der Waals surface area (Å²) < 4.78 is 38.9. The molecule has 0 fully saturated rings. The van der Waals surface area contributed by atoms with Crippen molar-refractivity contribution in [3.8, 4) is 0 Å². The van der Waals surface area contributed by atoms with Crippen molar-refractivity contribution in [1.29, 1.82) is 0 Å². The molecule has 2 amide bonds. The van der Waals surface area contributed by atoms with Gasteiger partial charge in [0.2, 0.25) is 0 Å². The van der Waals surface area contributed by atoms with Crippen LogP contribution in [-0.2, 0) is 12.7 Å². The SMILES string of the molecule is CCn1cc(NC(=O)c2cc(C(F)(F)F)[nH]n2)c(C(=O)NC)n1. The van der Waals surface area contributed by atoms with Gasteiger partial charge in [0.1, 0.15) is 5.69 Å². The Labute approximate surface area is 128 Å². The zero-order chi connectivity index (χ0) is 17.2. The van der Waals surface area contributed by atoms with Crippen LogP contribution >= 0.6 is 0 Å². The molecule has 124 valence electrons. The molecular weight excluding hydrogens is 317 g/mol. The van der Waals surface area contributed by atoms with Gasteiger partial charge in [-0.3, -0.25) is 19.4 Å². The molecule has 2 aromatic rings. The highest BCUT2D eigenvalue weighted by Gasteiger charge is 2.34. The molecule has 8 nitrogen and oxygen atoms in total. The minimum Gasteiger partial charge on any atom is -0.354 e. The Kier molecular flexibility index (Phi) is 4.38. The molecule has 2 rings (SSSR count). The van der Waals surface area contributed by atoms with Gasteiger partial charge in [-0.05, 0) is 6.92 Å². The van der Waals surface area contributed by atoms with E-state index < -0.39 is 29.4 Å². The number of carbonyl (C=O) groups excluding carboxylic acids is 2. The number of hydrogen-bond acceptors (Lipinski definition) is 4. The van der Waals surface area contributed by atoms with Crippen LogP contribution in [0.5, 0.6) is 0 Å². The third kappa shape index (κ3) is 3.49. The molecule has 0 aliphatic heterocycles. The lowest BCUT2D eigenvalue weighted by Crippen LogP contribution is -2.21. The number of nitrogens with one attached hydrogen (secondary N) is 3. The van der Waals surface area contributed by atoms with Crippen molar-refractivity contribution in [2.45, 2.75) is 19.6 Å². The van der Waals surface area contributed by atoms with Crippen LogP contribution in [0.15, 0.2) is 12.3 Å². The molecule has 3 N–H and O–H groups in total. The summed E-state index contributed by atoms with van der Waals surface area (Å²) in [6.07, 6.45) is -3.23. The topological polar surface area (TPSA) is 105 Å². The Hall–Kier alpha value is -2.85. The Balaban J connectivity index is 2.25. The zero-order valence-corrected chi connectivity index (χ0v) is 12.2. The molecule has 0 spiro atoms. The molecule has 0 saturated carbocycles. The van der Waals surface area contributed by atoms with Crippen LogP contribution in [0.2, 0.25) is 0 Å². The monoisotopic (exact) mass is 330 g/mol. The van der Waals surface area contributed by atoms with Crippen molar-refractivity contribution < 1.29 is 22.8 Å². The van der Waals surface area contributed by atoms with Crippen molar-refractivity contribution in [3.63, 3.8) is 0 Å². The van der Waals surface area contributed by atoms with Crippen LogP contribution < -0.4 is 10.6 Å². The first-order valence-electron chi connectivity index (χ1n) is 6.49. The van der Waals surface area contributed by atoms with E-state index in [1.807, 2.05) is 0 Å². The predicted octanol–water partition coefficient (Wildman–Crippen LogP) is 1.26. The van der Waals surface area contributed by atoms with E-state index in [4.69, 9.17) is 0 Å². The van der Waals surface area contributed by atoms with Crippen molar-refractivity contribution in [1.82, 2.24) is 25.3 Å². The summed E-state index contributed by atoms with van der Waals surface area (Å²) in [6.45, 7) is 2.22. The third-order valence-electron chi connectivity index (χ3n) is 2.89. The highest BCUT2D eigenvalue weighted by molar-refractivity contribution is 6.07. The number of carbonyl (C=O) groups is 2. The highest BCUT2D eigenvalue weighted by atomic mass is 19.4. The van der Waals surface area contributed by atoms with Crippen LogP contribution in [0.3, 0.4) is 0 Å². The lowest BCUT2D eigenvalue weighted by Gasteiger charge is -2.02. The second-order valence-corrected chi connectivity index (χ2v) is 4.44. The summed E-state index contributed by atoms with van der Waals surface area (Å²) in [6, 6.07) is 0.582. The first kappa shape index (κ1) is 16.5. The van der Waals surface area contributed by atoms with Gasteiger partial charge >= 0.3 is 6.18 Å². The number of amides is 2. The minimum atomic E-state index is -4.63. The van der Waals surface area contributed by atoms with E-state index in [1.54, 1.807) is 12.0 Å². The summed E-state index contributed by atoms with van der Waals surface area (Å²) in [5.74, 6) is -1.43. The molecular formula is C12H13F3N6O2. The van der Waals surface area contributed by atoms with E-state index in [1.165, 1.54) is 17.9 Å².